The van der Waals surface area contributed by atoms with E-state index in [0.717, 1.165) is 0 Å². The monoisotopic (exact) mass is 351 g/mol. The summed E-state index contributed by atoms with van der Waals surface area (Å²) in [7, 11) is 0. The van der Waals surface area contributed by atoms with Gasteiger partial charge in [0, 0.05) is 6.07 Å². The zero-order chi connectivity index (χ0) is 15.0. The van der Waals surface area contributed by atoms with Crippen molar-refractivity contribution in [1.82, 2.24) is 0 Å². The van der Waals surface area contributed by atoms with Crippen LogP contribution in [0.25, 0.3) is 0 Å². The van der Waals surface area contributed by atoms with Crippen LogP contribution in [0.15, 0.2) is 33.5 Å². The maximum absolute atomic E-state index is 12.1. The van der Waals surface area contributed by atoms with E-state index in [0.29, 0.717) is 33.0 Å². The van der Waals surface area contributed by atoms with E-state index in [1.807, 2.05) is 0 Å². The molecule has 3 rings (SSSR count). The number of amides is 2. The fourth-order valence-corrected chi connectivity index (χ4v) is 2.32. The molecule has 1 aliphatic rings. The lowest BCUT2D eigenvalue weighted by Crippen LogP contribution is -2.25. The van der Waals surface area contributed by atoms with Crippen molar-refractivity contribution in [2.75, 3.05) is 23.0 Å². The Labute approximate surface area is 127 Å². The topological polar surface area (TPSA) is 107 Å². The number of carbonyl (C=O) groups excluding carboxylic acids is 2. The summed E-state index contributed by atoms with van der Waals surface area (Å²) >= 11 is 3.13. The quantitative estimate of drug-likeness (QED) is 0.719. The van der Waals surface area contributed by atoms with E-state index in [2.05, 4.69) is 26.6 Å². The highest BCUT2D eigenvalue weighted by Crippen LogP contribution is 2.35. The number of fused-ring (bicyclic) bond motifs is 1. The van der Waals surface area contributed by atoms with E-state index >= 15 is 0 Å². The minimum absolute atomic E-state index is 0.0554. The van der Waals surface area contributed by atoms with Crippen LogP contribution in [0.3, 0.4) is 0 Å². The molecule has 0 atom stereocenters. The fourth-order valence-electron chi connectivity index (χ4n) is 1.90. The molecule has 108 valence electrons. The summed E-state index contributed by atoms with van der Waals surface area (Å²) in [6.07, 6.45) is 1.39. The largest absolute Gasteiger partial charge is 0.482 e. The van der Waals surface area contributed by atoms with Gasteiger partial charge in [0.25, 0.3) is 11.8 Å². The fraction of sp³-hybridized carbons (Fsp3) is 0.0769. The molecular weight excluding hydrogens is 342 g/mol. The van der Waals surface area contributed by atoms with Crippen LogP contribution in [-0.2, 0) is 4.79 Å². The Hall–Kier alpha value is -2.48. The van der Waals surface area contributed by atoms with Gasteiger partial charge in [-0.15, -0.1) is 0 Å². The van der Waals surface area contributed by atoms with Gasteiger partial charge in [-0.2, -0.15) is 0 Å². The molecule has 0 saturated heterocycles. The van der Waals surface area contributed by atoms with E-state index < -0.39 is 0 Å². The zero-order valence-corrected chi connectivity index (χ0v) is 12.2. The van der Waals surface area contributed by atoms with Crippen LogP contribution in [-0.4, -0.2) is 18.4 Å². The number of hydrogen-bond donors (Lipinski definition) is 3. The van der Waals surface area contributed by atoms with E-state index in [4.69, 9.17) is 14.9 Å². The Morgan fingerprint density at radius 2 is 2.24 bits per heavy atom. The van der Waals surface area contributed by atoms with Gasteiger partial charge < -0.3 is 25.5 Å². The first-order chi connectivity index (χ1) is 10.0. The van der Waals surface area contributed by atoms with E-state index in [1.165, 1.54) is 12.3 Å². The molecule has 0 saturated carbocycles. The summed E-state index contributed by atoms with van der Waals surface area (Å²) in [6.45, 7) is -0.0554. The first-order valence-electron chi connectivity index (χ1n) is 5.95. The number of rotatable bonds is 2. The van der Waals surface area contributed by atoms with Gasteiger partial charge >= 0.3 is 0 Å². The van der Waals surface area contributed by atoms with Crippen molar-refractivity contribution in [3.63, 3.8) is 0 Å². The average Bonchev–Trinajstić information content (AvgIpc) is 2.86. The normalized spacial score (nSPS) is 13.1. The average molecular weight is 352 g/mol. The smallest absolute Gasteiger partial charge is 0.262 e. The lowest BCUT2D eigenvalue weighted by Gasteiger charge is -2.20. The SMILES string of the molecule is Nc1cc2c(cc1NC(=O)c1ccoc1Br)NC(=O)CO2. The number of hydrogen-bond acceptors (Lipinski definition) is 5. The second-order valence-electron chi connectivity index (χ2n) is 4.33. The molecule has 1 aromatic carbocycles. The molecule has 1 aromatic heterocycles. The van der Waals surface area contributed by atoms with Crippen molar-refractivity contribution in [3.05, 3.63) is 34.7 Å². The van der Waals surface area contributed by atoms with E-state index in [9.17, 15) is 9.59 Å². The van der Waals surface area contributed by atoms with Crippen LogP contribution in [0, 0.1) is 0 Å². The summed E-state index contributed by atoms with van der Waals surface area (Å²) in [4.78, 5) is 23.4. The molecule has 0 aliphatic carbocycles. The molecule has 2 amide bonds. The maximum Gasteiger partial charge on any atom is 0.262 e. The molecule has 2 heterocycles. The molecule has 0 unspecified atom stereocenters. The van der Waals surface area contributed by atoms with Gasteiger partial charge in [-0.1, -0.05) is 0 Å². The Morgan fingerprint density at radius 3 is 2.95 bits per heavy atom. The molecule has 4 N–H and O–H groups in total. The number of nitrogens with one attached hydrogen (secondary N) is 2. The third kappa shape index (κ3) is 2.57. The van der Waals surface area contributed by atoms with Crippen molar-refractivity contribution in [1.29, 1.82) is 0 Å². The van der Waals surface area contributed by atoms with Gasteiger partial charge in [-0.05, 0) is 28.1 Å². The van der Waals surface area contributed by atoms with Crippen LogP contribution in [0.5, 0.6) is 5.75 Å². The number of benzene rings is 1. The van der Waals surface area contributed by atoms with Crippen LogP contribution >= 0.6 is 15.9 Å². The van der Waals surface area contributed by atoms with Gasteiger partial charge in [0.15, 0.2) is 11.3 Å². The van der Waals surface area contributed by atoms with E-state index in [-0.39, 0.29) is 18.4 Å². The highest BCUT2D eigenvalue weighted by atomic mass is 79.9. The van der Waals surface area contributed by atoms with Crippen molar-refractivity contribution >= 4 is 44.8 Å². The summed E-state index contributed by atoms with van der Waals surface area (Å²) in [6, 6.07) is 4.63. The Balaban J connectivity index is 1.89. The van der Waals surface area contributed by atoms with Crippen molar-refractivity contribution in [2.24, 2.45) is 0 Å². The minimum atomic E-state index is -0.384. The number of carbonyl (C=O) groups is 2. The second kappa shape index (κ2) is 5.13. The summed E-state index contributed by atoms with van der Waals surface area (Å²) in [5, 5.41) is 5.31. The molecule has 21 heavy (non-hydrogen) atoms. The number of ether oxygens (including phenoxy) is 1. The van der Waals surface area contributed by atoms with Crippen molar-refractivity contribution in [2.45, 2.75) is 0 Å². The third-order valence-electron chi connectivity index (χ3n) is 2.90. The number of furan rings is 1. The zero-order valence-electron chi connectivity index (χ0n) is 10.6. The molecule has 1 aliphatic heterocycles. The lowest BCUT2D eigenvalue weighted by atomic mass is 10.2. The van der Waals surface area contributed by atoms with Crippen molar-refractivity contribution in [3.8, 4) is 5.75 Å². The predicted octanol–water partition coefficient (Wildman–Crippen LogP) is 2.21. The van der Waals surface area contributed by atoms with Gasteiger partial charge in [-0.3, -0.25) is 9.59 Å². The van der Waals surface area contributed by atoms with E-state index in [1.54, 1.807) is 12.1 Å². The van der Waals surface area contributed by atoms with Gasteiger partial charge in [0.05, 0.1) is 28.9 Å². The molecule has 0 spiro atoms. The maximum atomic E-state index is 12.1. The molecule has 2 aromatic rings. The summed E-state index contributed by atoms with van der Waals surface area (Å²) in [5.74, 6) is -0.179. The standard InChI is InChI=1S/C13H10BrN3O4/c14-12-6(1-2-20-12)13(19)17-8-4-9-10(3-7(8)15)21-5-11(18)16-9/h1-4H,5,15H2,(H,16,18)(H,17,19). The minimum Gasteiger partial charge on any atom is -0.482 e. The second-order valence-corrected chi connectivity index (χ2v) is 5.05. The Kier molecular flexibility index (Phi) is 3.30. The van der Waals surface area contributed by atoms with Gasteiger partial charge in [0.1, 0.15) is 5.75 Å². The molecular formula is C13H10BrN3O4. The number of nitrogens with two attached hydrogens (primary N) is 1. The van der Waals surface area contributed by atoms with Gasteiger partial charge in [0.2, 0.25) is 0 Å². The van der Waals surface area contributed by atoms with Gasteiger partial charge in [-0.25, -0.2) is 0 Å². The third-order valence-corrected chi connectivity index (χ3v) is 3.51. The van der Waals surface area contributed by atoms with Crippen LogP contribution in [0.2, 0.25) is 0 Å². The summed E-state index contributed by atoms with van der Waals surface area (Å²) < 4.78 is 10.6. The Morgan fingerprint density at radius 1 is 1.43 bits per heavy atom. The number of anilines is 3. The molecule has 8 heteroatoms. The van der Waals surface area contributed by atoms with Crippen LogP contribution in [0.4, 0.5) is 17.1 Å². The van der Waals surface area contributed by atoms with Crippen LogP contribution in [0.1, 0.15) is 10.4 Å². The molecule has 0 fully saturated rings. The highest BCUT2D eigenvalue weighted by Gasteiger charge is 2.20. The predicted molar refractivity (Wildman–Crippen MR) is 79.3 cm³/mol. The summed E-state index contributed by atoms with van der Waals surface area (Å²) in [5.41, 5.74) is 7.38. The first-order valence-corrected chi connectivity index (χ1v) is 6.74. The van der Waals surface area contributed by atoms with Crippen LogP contribution < -0.4 is 21.1 Å². The first kappa shape index (κ1) is 13.5. The van der Waals surface area contributed by atoms with Crippen molar-refractivity contribution < 1.29 is 18.7 Å². The molecule has 0 bridgehead atoms. The lowest BCUT2D eigenvalue weighted by molar-refractivity contribution is -0.118. The molecule has 0 radical (unpaired) electrons. The molecule has 7 nitrogen and oxygen atoms in total. The highest BCUT2D eigenvalue weighted by molar-refractivity contribution is 9.10. The number of halogens is 1. The Bertz CT molecular complexity index is 741. The number of nitrogen functional groups attached to an aromatic ring is 1.